The van der Waals surface area contributed by atoms with Crippen LogP contribution in [0.3, 0.4) is 0 Å². The Hall–Kier alpha value is -1.14. The maximum atomic E-state index is 12.9. The van der Waals surface area contributed by atoms with Crippen LogP contribution < -0.4 is 5.73 Å². The summed E-state index contributed by atoms with van der Waals surface area (Å²) in [6, 6.07) is 6.17. The summed E-state index contributed by atoms with van der Waals surface area (Å²) in [4.78, 5) is 2.02. The number of nitrogens with two attached hydrogens (primary N) is 1. The van der Waals surface area contributed by atoms with Crippen LogP contribution in [0.1, 0.15) is 18.4 Å². The minimum atomic E-state index is -4.10. The Morgan fingerprint density at radius 1 is 1.14 bits per heavy atom. The number of hydrogen-bond donors (Lipinski definition) is 1. The van der Waals surface area contributed by atoms with Crippen molar-refractivity contribution in [2.24, 2.45) is 11.7 Å². The first kappa shape index (κ1) is 16.2. The van der Waals surface area contributed by atoms with Gasteiger partial charge in [-0.15, -0.1) is 0 Å². The molecule has 0 radical (unpaired) electrons. The van der Waals surface area contributed by atoms with Crippen LogP contribution in [0.5, 0.6) is 0 Å². The second kappa shape index (κ2) is 6.75. The Morgan fingerprint density at radius 2 is 1.71 bits per heavy atom. The average Bonchev–Trinajstić information content (AvgIpc) is 2.46. The first-order valence-corrected chi connectivity index (χ1v) is 7.15. The van der Waals surface area contributed by atoms with Crippen LogP contribution >= 0.6 is 0 Å². The van der Waals surface area contributed by atoms with E-state index in [9.17, 15) is 17.6 Å². The smallest absolute Gasteiger partial charge is 0.329 e. The molecule has 118 valence electrons. The van der Waals surface area contributed by atoms with Crippen LogP contribution in [0.4, 0.5) is 17.6 Å². The Balaban J connectivity index is 1.92. The molecule has 1 aromatic carbocycles. The summed E-state index contributed by atoms with van der Waals surface area (Å²) in [5.74, 6) is -1.49. The molecule has 0 amide bonds. The quantitative estimate of drug-likeness (QED) is 0.867. The lowest BCUT2D eigenvalue weighted by molar-refractivity contribution is -0.186. The third kappa shape index (κ3) is 4.41. The molecule has 1 aromatic rings. The Kier molecular flexibility index (Phi) is 5.22. The van der Waals surface area contributed by atoms with Gasteiger partial charge in [-0.25, -0.2) is 4.39 Å². The maximum absolute atomic E-state index is 12.9. The average molecular weight is 304 g/mol. The summed E-state index contributed by atoms with van der Waals surface area (Å²) in [6.45, 7) is 1.20. The fourth-order valence-corrected chi connectivity index (χ4v) is 2.85. The van der Waals surface area contributed by atoms with E-state index in [1.54, 1.807) is 12.1 Å². The molecule has 2 rings (SSSR count). The molecule has 2 nitrogen and oxygen atoms in total. The maximum Gasteiger partial charge on any atom is 0.391 e. The summed E-state index contributed by atoms with van der Waals surface area (Å²) < 4.78 is 50.8. The van der Waals surface area contributed by atoms with Crippen molar-refractivity contribution in [2.75, 3.05) is 19.6 Å². The highest BCUT2D eigenvalue weighted by atomic mass is 19.4. The minimum absolute atomic E-state index is 0.00430. The van der Waals surface area contributed by atoms with Crippen molar-refractivity contribution in [1.82, 2.24) is 4.90 Å². The number of benzene rings is 1. The fourth-order valence-electron chi connectivity index (χ4n) is 2.85. The number of piperidine rings is 1. The van der Waals surface area contributed by atoms with Gasteiger partial charge in [0.05, 0.1) is 5.92 Å². The van der Waals surface area contributed by atoms with Crippen LogP contribution in [0.25, 0.3) is 0 Å². The normalized spacial score (nSPS) is 19.7. The molecule has 1 fully saturated rings. The van der Waals surface area contributed by atoms with E-state index in [1.807, 2.05) is 4.90 Å². The molecule has 1 saturated heterocycles. The molecular weight excluding hydrogens is 284 g/mol. The Morgan fingerprint density at radius 3 is 2.19 bits per heavy atom. The molecule has 6 heteroatoms. The lowest BCUT2D eigenvalue weighted by Gasteiger charge is -2.37. The van der Waals surface area contributed by atoms with Crippen molar-refractivity contribution in [3.8, 4) is 0 Å². The fraction of sp³-hybridized carbons (Fsp3) is 0.600. The van der Waals surface area contributed by atoms with Gasteiger partial charge >= 0.3 is 6.18 Å². The molecule has 0 aromatic heterocycles. The topological polar surface area (TPSA) is 29.3 Å². The summed E-state index contributed by atoms with van der Waals surface area (Å²) in [6.07, 6.45) is -3.21. The van der Waals surface area contributed by atoms with Gasteiger partial charge < -0.3 is 5.73 Å². The standard InChI is InChI=1S/C15H20F4N2/c16-13-3-1-11(2-4-13)9-14(10-20)21-7-5-12(6-8-21)15(17,18)19/h1-4,12,14H,5-10,20H2/t14-/m1/s1. The van der Waals surface area contributed by atoms with Crippen LogP contribution in [0.2, 0.25) is 0 Å². The van der Waals surface area contributed by atoms with Crippen LogP contribution in [0.15, 0.2) is 24.3 Å². The van der Waals surface area contributed by atoms with Crippen molar-refractivity contribution >= 4 is 0 Å². The van der Waals surface area contributed by atoms with Gasteiger partial charge in [-0.3, -0.25) is 4.90 Å². The van der Waals surface area contributed by atoms with Crippen LogP contribution in [-0.2, 0) is 6.42 Å². The largest absolute Gasteiger partial charge is 0.391 e. The van der Waals surface area contributed by atoms with E-state index in [0.717, 1.165) is 5.56 Å². The number of likely N-dealkylation sites (tertiary alicyclic amines) is 1. The lowest BCUT2D eigenvalue weighted by atomic mass is 9.94. The molecule has 0 bridgehead atoms. The molecule has 1 heterocycles. The summed E-state index contributed by atoms with van der Waals surface area (Å²) in [7, 11) is 0. The predicted molar refractivity (Wildman–Crippen MR) is 73.3 cm³/mol. The molecule has 1 atom stereocenters. The Bertz CT molecular complexity index is 436. The Labute approximate surface area is 121 Å². The predicted octanol–water partition coefficient (Wildman–Crippen LogP) is 2.97. The minimum Gasteiger partial charge on any atom is -0.329 e. The van der Waals surface area contributed by atoms with Gasteiger partial charge in [0, 0.05) is 12.6 Å². The van der Waals surface area contributed by atoms with Crippen molar-refractivity contribution < 1.29 is 17.6 Å². The second-order valence-electron chi connectivity index (χ2n) is 5.57. The van der Waals surface area contributed by atoms with Gasteiger partial charge in [-0.1, -0.05) is 12.1 Å². The zero-order chi connectivity index (χ0) is 15.5. The van der Waals surface area contributed by atoms with Crippen molar-refractivity contribution in [3.63, 3.8) is 0 Å². The molecule has 0 saturated carbocycles. The number of nitrogens with zero attached hydrogens (tertiary/aromatic N) is 1. The van der Waals surface area contributed by atoms with Gasteiger partial charge in [0.2, 0.25) is 0 Å². The van der Waals surface area contributed by atoms with E-state index in [-0.39, 0.29) is 24.7 Å². The number of halogens is 4. The van der Waals surface area contributed by atoms with Crippen LogP contribution in [0, 0.1) is 11.7 Å². The van der Waals surface area contributed by atoms with E-state index in [4.69, 9.17) is 5.73 Å². The summed E-state index contributed by atoms with van der Waals surface area (Å²) in [5, 5.41) is 0. The van der Waals surface area contributed by atoms with Gasteiger partial charge in [0.25, 0.3) is 0 Å². The highest BCUT2D eigenvalue weighted by Gasteiger charge is 2.41. The highest BCUT2D eigenvalue weighted by Crippen LogP contribution is 2.34. The third-order valence-electron chi connectivity index (χ3n) is 4.17. The highest BCUT2D eigenvalue weighted by molar-refractivity contribution is 5.17. The van der Waals surface area contributed by atoms with E-state index in [1.165, 1.54) is 12.1 Å². The second-order valence-corrected chi connectivity index (χ2v) is 5.57. The van der Waals surface area contributed by atoms with Crippen LogP contribution in [-0.4, -0.2) is 36.8 Å². The SMILES string of the molecule is NC[C@@H](Cc1ccc(F)cc1)N1CCC(C(F)(F)F)CC1. The van der Waals surface area contributed by atoms with E-state index < -0.39 is 12.1 Å². The van der Waals surface area contributed by atoms with Gasteiger partial charge in [-0.05, 0) is 50.0 Å². The zero-order valence-corrected chi connectivity index (χ0v) is 11.7. The molecule has 0 spiro atoms. The van der Waals surface area contributed by atoms with Gasteiger partial charge in [-0.2, -0.15) is 13.2 Å². The van der Waals surface area contributed by atoms with Crippen molar-refractivity contribution in [1.29, 1.82) is 0 Å². The van der Waals surface area contributed by atoms with Gasteiger partial charge in [0.1, 0.15) is 5.82 Å². The van der Waals surface area contributed by atoms with E-state index in [2.05, 4.69) is 0 Å². The lowest BCUT2D eigenvalue weighted by Crippen LogP contribution is -2.48. The van der Waals surface area contributed by atoms with E-state index in [0.29, 0.717) is 26.1 Å². The first-order valence-electron chi connectivity index (χ1n) is 7.15. The molecule has 0 unspecified atom stereocenters. The van der Waals surface area contributed by atoms with Gasteiger partial charge in [0.15, 0.2) is 0 Å². The molecule has 0 aliphatic carbocycles. The molecule has 1 aliphatic heterocycles. The number of alkyl halides is 3. The van der Waals surface area contributed by atoms with Crippen molar-refractivity contribution in [2.45, 2.75) is 31.5 Å². The molecule has 21 heavy (non-hydrogen) atoms. The summed E-state index contributed by atoms with van der Waals surface area (Å²) in [5.41, 5.74) is 6.71. The van der Waals surface area contributed by atoms with E-state index >= 15 is 0 Å². The zero-order valence-electron chi connectivity index (χ0n) is 11.7. The molecular formula is C15H20F4N2. The monoisotopic (exact) mass is 304 g/mol. The summed E-state index contributed by atoms with van der Waals surface area (Å²) >= 11 is 0. The van der Waals surface area contributed by atoms with Crippen molar-refractivity contribution in [3.05, 3.63) is 35.6 Å². The number of hydrogen-bond acceptors (Lipinski definition) is 2. The first-order chi connectivity index (χ1) is 9.90. The molecule has 2 N–H and O–H groups in total. The number of rotatable bonds is 4. The molecule has 1 aliphatic rings. The third-order valence-corrected chi connectivity index (χ3v) is 4.17.